The van der Waals surface area contributed by atoms with Gasteiger partial charge in [0, 0.05) is 26.0 Å². The van der Waals surface area contributed by atoms with Crippen molar-refractivity contribution in [3.8, 4) is 0 Å². The van der Waals surface area contributed by atoms with Crippen LogP contribution < -0.4 is 0 Å². The lowest BCUT2D eigenvalue weighted by atomic mass is 10.8. The Morgan fingerprint density at radius 2 is 1.00 bits per heavy atom. The lowest BCUT2D eigenvalue weighted by Crippen LogP contribution is -2.08. The van der Waals surface area contributed by atoms with Gasteiger partial charge in [-0.05, 0) is 0 Å². The smallest absolute Gasteiger partial charge is 0.290 e. The van der Waals surface area contributed by atoms with Gasteiger partial charge in [0.2, 0.25) is 0 Å². The molecule has 0 amide bonds. The molecule has 0 aromatic carbocycles. The molecule has 0 N–H and O–H groups in total. The van der Waals surface area contributed by atoms with Gasteiger partial charge in [-0.15, -0.1) is 23.2 Å². The van der Waals surface area contributed by atoms with Crippen molar-refractivity contribution in [1.82, 2.24) is 0 Å². The van der Waals surface area contributed by atoms with Crippen LogP contribution >= 0.6 is 38.8 Å². The molecule has 0 aliphatic carbocycles. The Morgan fingerprint density at radius 3 is 1.25 bits per heavy atom. The second-order valence-corrected chi connectivity index (χ2v) is 7.28. The molecule has 0 saturated carbocycles. The number of hydrogen-bond donors (Lipinski definition) is 0. The van der Waals surface area contributed by atoms with Crippen LogP contribution in [0, 0.1) is 0 Å². The first-order chi connectivity index (χ1) is 9.45. The Hall–Kier alpha value is 0.800. The number of phosphoric acid groups is 2. The third-order valence-electron chi connectivity index (χ3n) is 1.68. The minimum Gasteiger partial charge on any atom is -0.290 e. The van der Waals surface area contributed by atoms with Crippen LogP contribution in [0.4, 0.5) is 0 Å². The summed E-state index contributed by atoms with van der Waals surface area (Å²) in [6.45, 7) is -0.401. The molecule has 0 rings (SSSR count). The average molecular weight is 375 g/mol. The van der Waals surface area contributed by atoms with Crippen molar-refractivity contribution in [1.29, 1.82) is 0 Å². The van der Waals surface area contributed by atoms with Crippen LogP contribution in [-0.4, -0.2) is 52.4 Å². The van der Waals surface area contributed by atoms with E-state index in [9.17, 15) is 9.13 Å². The Kier molecular flexibility index (Phi) is 11.8. The summed E-state index contributed by atoms with van der Waals surface area (Å²) in [6.07, 6.45) is 0. The van der Waals surface area contributed by atoms with Crippen LogP contribution in [0.25, 0.3) is 0 Å². The van der Waals surface area contributed by atoms with E-state index in [0.717, 1.165) is 0 Å². The molecule has 0 fully saturated rings. The quantitative estimate of drug-likeness (QED) is 0.276. The molecule has 20 heavy (non-hydrogen) atoms. The largest absolute Gasteiger partial charge is 0.474 e. The Bertz CT molecular complexity index is 310. The molecule has 0 saturated heterocycles. The fourth-order valence-corrected chi connectivity index (χ4v) is 3.04. The van der Waals surface area contributed by atoms with Crippen molar-refractivity contribution in [3.05, 3.63) is 0 Å². The second kappa shape index (κ2) is 11.4. The molecule has 122 valence electrons. The first-order valence-electron chi connectivity index (χ1n) is 5.47. The molecule has 0 aromatic rings. The van der Waals surface area contributed by atoms with E-state index in [0.29, 0.717) is 0 Å². The maximum Gasteiger partial charge on any atom is 0.474 e. The van der Waals surface area contributed by atoms with E-state index in [1.807, 2.05) is 0 Å². The molecular weight excluding hydrogens is 357 g/mol. The van der Waals surface area contributed by atoms with Crippen molar-refractivity contribution in [2.75, 3.05) is 52.4 Å². The summed E-state index contributed by atoms with van der Waals surface area (Å²) in [5.41, 5.74) is 0. The zero-order valence-electron chi connectivity index (χ0n) is 11.2. The Labute approximate surface area is 128 Å². The highest BCUT2D eigenvalue weighted by atomic mass is 35.5. The van der Waals surface area contributed by atoms with E-state index in [1.54, 1.807) is 0 Å². The molecule has 0 aromatic heterocycles. The average Bonchev–Trinajstić information content (AvgIpc) is 2.47. The number of hydrogen-bond acceptors (Lipinski definition) is 8. The predicted molar refractivity (Wildman–Crippen MR) is 74.5 cm³/mol. The molecule has 0 spiro atoms. The summed E-state index contributed by atoms with van der Waals surface area (Å²) in [5, 5.41) is 0. The molecule has 0 bridgehead atoms. The number of halogens is 2. The molecule has 8 nitrogen and oxygen atoms in total. The summed E-state index contributed by atoms with van der Waals surface area (Å²) in [6, 6.07) is 0. The maximum atomic E-state index is 11.8. The zero-order valence-corrected chi connectivity index (χ0v) is 14.5. The third-order valence-corrected chi connectivity index (χ3v) is 4.88. The second-order valence-electron chi connectivity index (χ2n) is 2.97. The molecule has 2 atom stereocenters. The fraction of sp³-hybridized carbons (Fsp3) is 1.00. The standard InChI is InChI=1S/C8H18Cl2O8P2/c1-13-19(11,15-5-3-9)17-7-8-18-20(12,14-2)16-6-4-10/h3-8H2,1-2H3. The Morgan fingerprint density at radius 1 is 0.700 bits per heavy atom. The van der Waals surface area contributed by atoms with Crippen LogP contribution in [0.2, 0.25) is 0 Å². The summed E-state index contributed by atoms with van der Waals surface area (Å²) >= 11 is 10.8. The number of rotatable bonds is 13. The van der Waals surface area contributed by atoms with E-state index < -0.39 is 15.6 Å². The van der Waals surface area contributed by atoms with Gasteiger partial charge < -0.3 is 0 Å². The highest BCUT2D eigenvalue weighted by Gasteiger charge is 2.27. The lowest BCUT2D eigenvalue weighted by molar-refractivity contribution is 0.0922. The minimum atomic E-state index is -3.69. The normalized spacial score (nSPS) is 17.6. The van der Waals surface area contributed by atoms with Gasteiger partial charge in [-0.3, -0.25) is 27.1 Å². The van der Waals surface area contributed by atoms with E-state index >= 15 is 0 Å². The molecule has 0 heterocycles. The van der Waals surface area contributed by atoms with Gasteiger partial charge in [0.1, 0.15) is 0 Å². The van der Waals surface area contributed by atoms with Gasteiger partial charge in [0.15, 0.2) is 0 Å². The van der Waals surface area contributed by atoms with Crippen LogP contribution in [0.1, 0.15) is 0 Å². The molecule has 0 aliphatic heterocycles. The summed E-state index contributed by atoms with van der Waals surface area (Å²) in [4.78, 5) is 0. The minimum absolute atomic E-state index is 0.00290. The zero-order chi connectivity index (χ0) is 15.5. The maximum absolute atomic E-state index is 11.8. The van der Waals surface area contributed by atoms with E-state index in [4.69, 9.17) is 41.3 Å². The van der Waals surface area contributed by atoms with E-state index in [2.05, 4.69) is 9.05 Å². The first kappa shape index (κ1) is 20.8. The van der Waals surface area contributed by atoms with Crippen LogP contribution in [0.5, 0.6) is 0 Å². The van der Waals surface area contributed by atoms with E-state index in [1.165, 1.54) is 14.2 Å². The van der Waals surface area contributed by atoms with Crippen molar-refractivity contribution in [2.24, 2.45) is 0 Å². The Balaban J connectivity index is 4.09. The highest BCUT2D eigenvalue weighted by Crippen LogP contribution is 2.50. The van der Waals surface area contributed by atoms with Crippen molar-refractivity contribution < 1.29 is 36.3 Å². The van der Waals surface area contributed by atoms with Gasteiger partial charge in [0.05, 0.1) is 26.4 Å². The molecule has 0 aliphatic rings. The molecule has 2 unspecified atom stereocenters. The van der Waals surface area contributed by atoms with E-state index in [-0.39, 0.29) is 38.2 Å². The molecule has 0 radical (unpaired) electrons. The molecular formula is C8H18Cl2O8P2. The topological polar surface area (TPSA) is 89.5 Å². The lowest BCUT2D eigenvalue weighted by Gasteiger charge is -2.17. The monoisotopic (exact) mass is 374 g/mol. The summed E-state index contributed by atoms with van der Waals surface area (Å²) in [5.74, 6) is 0.275. The summed E-state index contributed by atoms with van der Waals surface area (Å²) < 4.78 is 52.2. The summed E-state index contributed by atoms with van der Waals surface area (Å²) in [7, 11) is -5.04. The van der Waals surface area contributed by atoms with Gasteiger partial charge in [-0.1, -0.05) is 0 Å². The van der Waals surface area contributed by atoms with Gasteiger partial charge in [0.25, 0.3) is 0 Å². The van der Waals surface area contributed by atoms with Crippen LogP contribution in [0.15, 0.2) is 0 Å². The number of alkyl halides is 2. The van der Waals surface area contributed by atoms with Crippen molar-refractivity contribution >= 4 is 38.8 Å². The van der Waals surface area contributed by atoms with Gasteiger partial charge in [-0.2, -0.15) is 0 Å². The fourth-order valence-electron chi connectivity index (χ4n) is 0.876. The third kappa shape index (κ3) is 8.95. The van der Waals surface area contributed by atoms with Crippen molar-refractivity contribution in [3.63, 3.8) is 0 Å². The molecule has 12 heteroatoms. The van der Waals surface area contributed by atoms with Crippen molar-refractivity contribution in [2.45, 2.75) is 0 Å². The van der Waals surface area contributed by atoms with Crippen LogP contribution in [0.3, 0.4) is 0 Å². The van der Waals surface area contributed by atoms with Gasteiger partial charge in [-0.25, -0.2) is 9.13 Å². The first-order valence-corrected chi connectivity index (χ1v) is 9.46. The number of phosphoric ester groups is 2. The SMILES string of the molecule is COP(=O)(OCCCl)OCCOP(=O)(OC)OCCCl. The van der Waals surface area contributed by atoms with Gasteiger partial charge >= 0.3 is 15.6 Å². The van der Waals surface area contributed by atoms with Crippen LogP contribution in [-0.2, 0) is 36.3 Å². The highest BCUT2D eigenvalue weighted by molar-refractivity contribution is 7.48. The predicted octanol–water partition coefficient (Wildman–Crippen LogP) is 3.04.